The van der Waals surface area contributed by atoms with Gasteiger partial charge in [-0.15, -0.1) is 0 Å². The Hall–Kier alpha value is -2.58. The first-order valence-corrected chi connectivity index (χ1v) is 35.1. The number of unbranched alkanes of at least 4 members (excludes halogenated alkanes) is 32. The van der Waals surface area contributed by atoms with Gasteiger partial charge in [0.2, 0.25) is 5.91 Å². The number of phosphoric acid groups is 1. The van der Waals surface area contributed by atoms with Crippen LogP contribution < -0.4 is 5.32 Å². The highest BCUT2D eigenvalue weighted by Gasteiger charge is 2.28. The highest BCUT2D eigenvalue weighted by molar-refractivity contribution is 7.47. The number of phosphoric ester groups is 1. The van der Waals surface area contributed by atoms with Gasteiger partial charge < -0.3 is 19.8 Å². The average Bonchev–Trinajstić information content (AvgIpc) is 3.42. The van der Waals surface area contributed by atoms with Crippen LogP contribution in [0.5, 0.6) is 0 Å². The van der Waals surface area contributed by atoms with Crippen LogP contribution in [0.1, 0.15) is 296 Å². The topological polar surface area (TPSA) is 105 Å². The maximum Gasteiger partial charge on any atom is 0.472 e. The summed E-state index contributed by atoms with van der Waals surface area (Å²) in [7, 11) is 1.58. The van der Waals surface area contributed by atoms with Gasteiger partial charge in [-0.3, -0.25) is 13.8 Å². The van der Waals surface area contributed by atoms with Crippen LogP contribution in [0.2, 0.25) is 0 Å². The van der Waals surface area contributed by atoms with Crippen LogP contribution in [0.15, 0.2) is 97.2 Å². The molecule has 3 unspecified atom stereocenters. The third-order valence-corrected chi connectivity index (χ3v) is 15.8. The molecule has 0 heterocycles. The first kappa shape index (κ1) is 77.4. The largest absolute Gasteiger partial charge is 0.472 e. The molecule has 0 spiro atoms. The first-order valence-electron chi connectivity index (χ1n) is 33.6. The van der Waals surface area contributed by atoms with E-state index in [-0.39, 0.29) is 19.1 Å². The van der Waals surface area contributed by atoms with Gasteiger partial charge in [-0.1, -0.05) is 310 Å². The van der Waals surface area contributed by atoms with E-state index in [1.165, 1.54) is 180 Å². The lowest BCUT2D eigenvalue weighted by molar-refractivity contribution is -0.870. The van der Waals surface area contributed by atoms with Crippen LogP contribution in [-0.4, -0.2) is 73.4 Å². The molecule has 0 saturated carbocycles. The quantitative estimate of drug-likeness (QED) is 0.0243. The summed E-state index contributed by atoms with van der Waals surface area (Å²) in [5.74, 6) is -0.187. The normalized spacial score (nSPS) is 14.3. The van der Waals surface area contributed by atoms with Crippen LogP contribution in [-0.2, 0) is 18.4 Å². The van der Waals surface area contributed by atoms with E-state index in [1.807, 2.05) is 21.1 Å². The summed E-state index contributed by atoms with van der Waals surface area (Å²) in [6.45, 7) is 4.76. The summed E-state index contributed by atoms with van der Waals surface area (Å²) in [5, 5.41) is 14.1. The predicted molar refractivity (Wildman–Crippen MR) is 350 cm³/mol. The summed E-state index contributed by atoms with van der Waals surface area (Å²) in [6, 6.07) is -0.793. The van der Waals surface area contributed by atoms with Crippen LogP contribution in [0, 0.1) is 0 Å². The SMILES string of the molecule is CC/C=C\C/C=C\C/C=C\C/C=C\C/C=C\C/C=C\C/C=C\C/C=C\CCCCC(=O)NC(COP(=O)(O)OCC[N+](C)(C)C)C(O)CCCCCCCCCCCCCCCCCCCCCCCCCCCCCCCCC. The van der Waals surface area contributed by atoms with Gasteiger partial charge >= 0.3 is 7.82 Å². The van der Waals surface area contributed by atoms with Crippen molar-refractivity contribution in [1.82, 2.24) is 5.32 Å². The molecule has 0 rings (SSSR count). The number of carbonyl (C=O) groups excluding carboxylic acids is 1. The maximum atomic E-state index is 13.0. The predicted octanol–water partition coefficient (Wildman–Crippen LogP) is 21.3. The Morgan fingerprint density at radius 1 is 0.438 bits per heavy atom. The molecule has 9 heteroatoms. The fourth-order valence-corrected chi connectivity index (χ4v) is 10.4. The zero-order valence-electron chi connectivity index (χ0n) is 53.0. The second-order valence-corrected chi connectivity index (χ2v) is 25.3. The van der Waals surface area contributed by atoms with Crippen LogP contribution in [0.25, 0.3) is 0 Å². The van der Waals surface area contributed by atoms with Gasteiger partial charge in [0, 0.05) is 6.42 Å². The molecule has 0 aliphatic carbocycles. The van der Waals surface area contributed by atoms with E-state index in [1.54, 1.807) is 0 Å². The van der Waals surface area contributed by atoms with Crippen LogP contribution in [0.4, 0.5) is 0 Å². The van der Waals surface area contributed by atoms with E-state index < -0.39 is 20.0 Å². The molecule has 3 N–H and O–H groups in total. The average molecular weight is 1140 g/mol. The number of quaternary nitrogens is 1. The molecule has 0 saturated heterocycles. The monoisotopic (exact) mass is 1140 g/mol. The molecule has 1 amide bonds. The van der Waals surface area contributed by atoms with Crippen LogP contribution in [0.3, 0.4) is 0 Å². The van der Waals surface area contributed by atoms with Crippen molar-refractivity contribution >= 4 is 13.7 Å². The lowest BCUT2D eigenvalue weighted by Gasteiger charge is -2.26. The number of rotatable bonds is 61. The van der Waals surface area contributed by atoms with E-state index in [4.69, 9.17) is 9.05 Å². The van der Waals surface area contributed by atoms with E-state index in [0.717, 1.165) is 83.5 Å². The number of hydrogen-bond acceptors (Lipinski definition) is 5. The lowest BCUT2D eigenvalue weighted by atomic mass is 10.0. The van der Waals surface area contributed by atoms with Crippen molar-refractivity contribution in [3.8, 4) is 0 Å². The Kier molecular flexibility index (Phi) is 59.0. The van der Waals surface area contributed by atoms with Gasteiger partial charge in [0.25, 0.3) is 0 Å². The van der Waals surface area contributed by atoms with Gasteiger partial charge in [-0.2, -0.15) is 0 Å². The van der Waals surface area contributed by atoms with Gasteiger partial charge in [0.15, 0.2) is 0 Å². The number of amides is 1. The summed E-state index contributed by atoms with van der Waals surface area (Å²) in [4.78, 5) is 23.4. The van der Waals surface area contributed by atoms with Crippen molar-refractivity contribution in [3.05, 3.63) is 97.2 Å². The standard InChI is InChI=1S/C71H129N2O6P/c1-6-8-10-12-14-16-18-20-22-24-26-28-30-32-34-35-36-37-39-40-42-44-46-48-50-52-54-56-58-60-62-64-70(74)69(68-79-80(76,77)78-67-66-73(3,4)5)72-71(75)65-63-61-59-57-55-53-51-49-47-45-43-41-38-33-31-29-27-25-23-21-19-17-15-13-11-9-7-2/h9,11,15,17,21,23,27,29,33,38,43,45,49,51,55,57,69-70,74H,6-8,10,12-14,16,18-20,22,24-26,28,30-32,34-37,39-42,44,46-48,50,52-54,56,58-68H2,1-5H3,(H-,72,75,76,77)/p+1/b11-9-,17-15-,23-21-,29-27-,38-33-,45-43-,51-49-,57-55-. The van der Waals surface area contributed by atoms with Crippen molar-refractivity contribution in [2.24, 2.45) is 0 Å². The zero-order chi connectivity index (χ0) is 58.4. The molecule has 464 valence electrons. The van der Waals surface area contributed by atoms with Gasteiger partial charge in [-0.25, -0.2) is 4.57 Å². The fourth-order valence-electron chi connectivity index (χ4n) is 9.65. The van der Waals surface area contributed by atoms with E-state index >= 15 is 0 Å². The third-order valence-electron chi connectivity index (χ3n) is 14.8. The lowest BCUT2D eigenvalue weighted by Crippen LogP contribution is -2.46. The number of nitrogens with one attached hydrogen (secondary N) is 1. The molecule has 3 atom stereocenters. The minimum Gasteiger partial charge on any atom is -0.391 e. The molecule has 0 bridgehead atoms. The minimum absolute atomic E-state index is 0.0611. The van der Waals surface area contributed by atoms with Crippen LogP contribution >= 0.6 is 7.82 Å². The molecular formula is C71H130N2O6P+. The van der Waals surface area contributed by atoms with Crippen molar-refractivity contribution < 1.29 is 32.9 Å². The van der Waals surface area contributed by atoms with E-state index in [2.05, 4.69) is 116 Å². The maximum absolute atomic E-state index is 13.0. The number of carbonyl (C=O) groups is 1. The Morgan fingerprint density at radius 3 is 1.07 bits per heavy atom. The van der Waals surface area contributed by atoms with E-state index in [0.29, 0.717) is 30.3 Å². The Morgan fingerprint density at radius 2 is 0.750 bits per heavy atom. The van der Waals surface area contributed by atoms with Gasteiger partial charge in [0.05, 0.1) is 39.9 Å². The Labute approximate surface area is 496 Å². The van der Waals surface area contributed by atoms with Crippen molar-refractivity contribution in [2.75, 3.05) is 40.9 Å². The molecule has 0 aliphatic heterocycles. The molecule has 80 heavy (non-hydrogen) atoms. The molecular weight excluding hydrogens is 1010 g/mol. The smallest absolute Gasteiger partial charge is 0.391 e. The number of allylic oxidation sites excluding steroid dienone is 16. The molecule has 0 fully saturated rings. The summed E-state index contributed by atoms with van der Waals surface area (Å²) < 4.78 is 23.8. The summed E-state index contributed by atoms with van der Waals surface area (Å²) in [6.07, 6.45) is 87.9. The summed E-state index contributed by atoms with van der Waals surface area (Å²) >= 11 is 0. The van der Waals surface area contributed by atoms with Gasteiger partial charge in [-0.05, 0) is 77.0 Å². The molecule has 0 aromatic heterocycles. The highest BCUT2D eigenvalue weighted by atomic mass is 31.2. The zero-order valence-corrected chi connectivity index (χ0v) is 53.9. The second kappa shape index (κ2) is 61.0. The number of nitrogens with zero attached hydrogens (tertiary/aromatic N) is 1. The minimum atomic E-state index is -4.35. The number of aliphatic hydroxyl groups excluding tert-OH is 1. The number of hydrogen-bond donors (Lipinski definition) is 3. The Bertz CT molecular complexity index is 1620. The van der Waals surface area contributed by atoms with Crippen molar-refractivity contribution in [2.45, 2.75) is 309 Å². The second-order valence-electron chi connectivity index (χ2n) is 23.8. The molecule has 8 nitrogen and oxygen atoms in total. The summed E-state index contributed by atoms with van der Waals surface area (Å²) in [5.41, 5.74) is 0. The fraction of sp³-hybridized carbons (Fsp3) is 0.761. The first-order chi connectivity index (χ1) is 39.0. The molecule has 0 aromatic rings. The Balaban J connectivity index is 4.16. The molecule has 0 aromatic carbocycles. The number of aliphatic hydroxyl groups is 1. The number of likely N-dealkylation sites (N-methyl/N-ethyl adjacent to an activating group) is 1. The third kappa shape index (κ3) is 63.0. The van der Waals surface area contributed by atoms with E-state index in [9.17, 15) is 19.4 Å². The van der Waals surface area contributed by atoms with Crippen molar-refractivity contribution in [3.63, 3.8) is 0 Å². The molecule has 0 radical (unpaired) electrons. The van der Waals surface area contributed by atoms with Crippen molar-refractivity contribution in [1.29, 1.82) is 0 Å². The highest BCUT2D eigenvalue weighted by Crippen LogP contribution is 2.43. The van der Waals surface area contributed by atoms with Gasteiger partial charge in [0.1, 0.15) is 13.2 Å². The molecule has 0 aliphatic rings.